The van der Waals surface area contributed by atoms with E-state index >= 15 is 0 Å². The lowest BCUT2D eigenvalue weighted by Crippen LogP contribution is -2.29. The van der Waals surface area contributed by atoms with Crippen LogP contribution in [0.5, 0.6) is 0 Å². The van der Waals surface area contributed by atoms with Crippen LogP contribution in [0.15, 0.2) is 60.7 Å². The fourth-order valence-electron chi connectivity index (χ4n) is 8.84. The van der Waals surface area contributed by atoms with Crippen molar-refractivity contribution in [3.05, 3.63) is 82.9 Å². The van der Waals surface area contributed by atoms with Crippen LogP contribution in [0, 0.1) is 29.6 Å². The number of aliphatic hydroxyl groups excluding tert-OH is 2. The Kier molecular flexibility index (Phi) is 15.9. The molecule has 0 bridgehead atoms. The highest BCUT2D eigenvalue weighted by molar-refractivity contribution is 5.28. The van der Waals surface area contributed by atoms with Gasteiger partial charge in [0.25, 0.3) is 0 Å². The van der Waals surface area contributed by atoms with Gasteiger partial charge in [0.15, 0.2) is 0 Å². The predicted molar refractivity (Wildman–Crippen MR) is 186 cm³/mol. The Balaban J connectivity index is 0.00000127. The molecule has 0 amide bonds. The number of carbonyl (C=O) groups is 1. The average Bonchev–Trinajstić information content (AvgIpc) is 3.08. The normalized spacial score (nSPS) is 27.0. The molecule has 2 N–H and O–H groups in total. The minimum absolute atomic E-state index is 0.324. The molecule has 44 heavy (non-hydrogen) atoms. The lowest BCUT2D eigenvalue weighted by molar-refractivity contribution is -0.0980. The maximum atomic E-state index is 9.85. The maximum absolute atomic E-state index is 9.85. The molecule has 3 nitrogen and oxygen atoms in total. The first-order valence-electron chi connectivity index (χ1n) is 17.7. The second kappa shape index (κ2) is 19.3. The van der Waals surface area contributed by atoms with Crippen LogP contribution in [0.1, 0.15) is 131 Å². The minimum atomic E-state index is 0.324. The van der Waals surface area contributed by atoms with Crippen LogP contribution in [0.25, 0.3) is 0 Å². The molecule has 0 saturated heterocycles. The fraction of sp³-hybridized carbons (Fsp3) is 0.634. The van der Waals surface area contributed by atoms with Crippen molar-refractivity contribution in [2.24, 2.45) is 29.6 Å². The summed E-state index contributed by atoms with van der Waals surface area (Å²) in [5.41, 5.74) is 7.44. The monoisotopic (exact) mass is 602 g/mol. The molecule has 2 aromatic carbocycles. The zero-order valence-electron chi connectivity index (χ0n) is 28.2. The van der Waals surface area contributed by atoms with Crippen molar-refractivity contribution in [3.63, 3.8) is 0 Å². The summed E-state index contributed by atoms with van der Waals surface area (Å²) in [5.74, 6) is 5.42. The third kappa shape index (κ3) is 10.4. The minimum Gasteiger partial charge on any atom is -0.400 e. The van der Waals surface area contributed by atoms with Gasteiger partial charge in [-0.1, -0.05) is 80.3 Å². The number of rotatable bonds is 11. The number of hydrogen-bond acceptors (Lipinski definition) is 3. The number of aliphatic hydroxyl groups is 2. The number of fused-ring (bicyclic) bond motifs is 1. The molecule has 3 aliphatic carbocycles. The molecule has 244 valence electrons. The van der Waals surface area contributed by atoms with Crippen LogP contribution in [0.2, 0.25) is 0 Å². The summed E-state index contributed by atoms with van der Waals surface area (Å²) in [7, 11) is 1.00. The Labute approximate surface area is 269 Å². The van der Waals surface area contributed by atoms with Crippen LogP contribution < -0.4 is 0 Å². The smallest absolute Gasteiger partial charge is 0.106 e. The van der Waals surface area contributed by atoms with E-state index in [0.717, 1.165) is 43.1 Å². The molecule has 0 aromatic heterocycles. The second-order valence-electron chi connectivity index (χ2n) is 14.2. The van der Waals surface area contributed by atoms with E-state index in [-0.39, 0.29) is 0 Å². The summed E-state index contributed by atoms with van der Waals surface area (Å²) in [6, 6.07) is 19.5. The van der Waals surface area contributed by atoms with Crippen LogP contribution in [0.4, 0.5) is 0 Å². The summed E-state index contributed by atoms with van der Waals surface area (Å²) < 4.78 is 0. The van der Waals surface area contributed by atoms with Crippen molar-refractivity contribution in [2.45, 2.75) is 122 Å². The first-order valence-corrected chi connectivity index (χ1v) is 17.7. The summed E-state index contributed by atoms with van der Waals surface area (Å²) in [5, 5.41) is 16.9. The van der Waals surface area contributed by atoms with Gasteiger partial charge in [0.2, 0.25) is 0 Å². The number of carbonyl (C=O) groups excluding carboxylic acids is 1. The zero-order valence-corrected chi connectivity index (χ0v) is 28.2. The van der Waals surface area contributed by atoms with E-state index in [1.807, 2.05) is 6.79 Å². The van der Waals surface area contributed by atoms with Crippen LogP contribution in [-0.2, 0) is 17.6 Å². The highest BCUT2D eigenvalue weighted by Gasteiger charge is 2.36. The van der Waals surface area contributed by atoms with Crippen molar-refractivity contribution in [1.82, 2.24) is 0 Å². The highest BCUT2D eigenvalue weighted by atomic mass is 16.3. The topological polar surface area (TPSA) is 57.5 Å². The van der Waals surface area contributed by atoms with Gasteiger partial charge in [0, 0.05) is 13.7 Å². The quantitative estimate of drug-likeness (QED) is 0.252. The number of benzene rings is 2. The number of aryl methyl sites for hydroxylation is 2. The van der Waals surface area contributed by atoms with E-state index in [0.29, 0.717) is 18.4 Å². The molecule has 3 aliphatic rings. The molecule has 5 rings (SSSR count). The predicted octanol–water partition coefficient (Wildman–Crippen LogP) is 9.84. The fourth-order valence-corrected chi connectivity index (χ4v) is 8.84. The van der Waals surface area contributed by atoms with E-state index < -0.39 is 0 Å². The van der Waals surface area contributed by atoms with Crippen molar-refractivity contribution in [2.75, 3.05) is 13.7 Å². The number of hydrogen-bond donors (Lipinski definition) is 2. The van der Waals surface area contributed by atoms with Gasteiger partial charge in [-0.3, -0.25) is 0 Å². The van der Waals surface area contributed by atoms with Crippen LogP contribution in [-0.4, -0.2) is 30.7 Å². The van der Waals surface area contributed by atoms with E-state index in [4.69, 9.17) is 9.90 Å². The Morgan fingerprint density at radius 1 is 0.750 bits per heavy atom. The largest absolute Gasteiger partial charge is 0.400 e. The SMILES string of the molecule is C=C(C)CC(CO)C1CCC(CCc2ccc(C3CCC4CC(c5ccc(CCC)cc5)CCC4C3)cc2)CC1.C=O.CO. The van der Waals surface area contributed by atoms with Gasteiger partial charge in [-0.05, 0) is 148 Å². The third-order valence-corrected chi connectivity index (χ3v) is 11.3. The van der Waals surface area contributed by atoms with Crippen molar-refractivity contribution in [1.29, 1.82) is 0 Å². The first kappa shape index (κ1) is 36.2. The molecule has 0 heterocycles. The van der Waals surface area contributed by atoms with E-state index in [1.165, 1.54) is 107 Å². The van der Waals surface area contributed by atoms with Gasteiger partial charge in [-0.2, -0.15) is 0 Å². The van der Waals surface area contributed by atoms with E-state index in [2.05, 4.69) is 69.0 Å². The Bertz CT molecular complexity index is 1070. The summed E-state index contributed by atoms with van der Waals surface area (Å²) in [4.78, 5) is 8.00. The third-order valence-electron chi connectivity index (χ3n) is 11.3. The average molecular weight is 603 g/mol. The van der Waals surface area contributed by atoms with Gasteiger partial charge in [0.1, 0.15) is 6.79 Å². The molecule has 0 spiro atoms. The van der Waals surface area contributed by atoms with Crippen molar-refractivity contribution >= 4 is 6.79 Å². The highest BCUT2D eigenvalue weighted by Crippen LogP contribution is 2.50. The van der Waals surface area contributed by atoms with E-state index in [9.17, 15) is 5.11 Å². The molecule has 2 aromatic rings. The summed E-state index contributed by atoms with van der Waals surface area (Å²) >= 11 is 0. The van der Waals surface area contributed by atoms with Gasteiger partial charge < -0.3 is 15.0 Å². The van der Waals surface area contributed by atoms with Gasteiger partial charge in [0.05, 0.1) is 0 Å². The molecule has 5 atom stereocenters. The lowest BCUT2D eigenvalue weighted by atomic mass is 9.63. The molecule has 3 saturated carbocycles. The molecular formula is C41H62O3. The Morgan fingerprint density at radius 3 is 1.66 bits per heavy atom. The molecule has 5 unspecified atom stereocenters. The van der Waals surface area contributed by atoms with Crippen LogP contribution in [0.3, 0.4) is 0 Å². The van der Waals surface area contributed by atoms with Gasteiger partial charge in [-0.15, -0.1) is 6.58 Å². The molecule has 0 aliphatic heterocycles. The lowest BCUT2D eigenvalue weighted by Gasteiger charge is -2.42. The maximum Gasteiger partial charge on any atom is 0.106 e. The molecular weight excluding hydrogens is 540 g/mol. The van der Waals surface area contributed by atoms with Gasteiger partial charge >= 0.3 is 0 Å². The van der Waals surface area contributed by atoms with Crippen molar-refractivity contribution < 1.29 is 15.0 Å². The second-order valence-corrected chi connectivity index (χ2v) is 14.2. The standard InChI is InChI=1S/C39H56O.CH4O.CH2O/c1-4-5-29-8-14-32(15-9-29)35-20-22-38-26-36(21-23-37(38)25-35)33-16-10-30(11-17-33)6-7-31-12-18-34(19-13-31)39(27-40)24-28(2)3;2*1-2/h8-11,14-17,31,34-40H,2,4-7,12-13,18-27H2,1,3H3;2H,1H3;1H2. The Morgan fingerprint density at radius 2 is 1.23 bits per heavy atom. The summed E-state index contributed by atoms with van der Waals surface area (Å²) in [6.07, 6.45) is 19.7. The molecule has 0 radical (unpaired) electrons. The first-order chi connectivity index (χ1) is 21.5. The molecule has 3 heteroatoms. The number of allylic oxidation sites excluding steroid dienone is 1. The summed E-state index contributed by atoms with van der Waals surface area (Å²) in [6.45, 7) is 10.8. The van der Waals surface area contributed by atoms with Crippen LogP contribution >= 0.6 is 0 Å². The van der Waals surface area contributed by atoms with E-state index in [1.54, 1.807) is 11.1 Å². The van der Waals surface area contributed by atoms with Crippen molar-refractivity contribution in [3.8, 4) is 0 Å². The molecule has 3 fully saturated rings. The Hall–Kier alpha value is -2.23. The van der Waals surface area contributed by atoms with Gasteiger partial charge in [-0.25, -0.2) is 0 Å². The zero-order chi connectivity index (χ0) is 31.9.